The number of nitrogens with zero attached hydrogens (tertiary/aromatic N) is 2. The van der Waals surface area contributed by atoms with E-state index >= 15 is 0 Å². The number of morpholine rings is 1. The lowest BCUT2D eigenvalue weighted by Crippen LogP contribution is -2.45. The average molecular weight is 252 g/mol. The summed E-state index contributed by atoms with van der Waals surface area (Å²) in [6, 6.07) is 3.37. The molecule has 0 spiro atoms. The van der Waals surface area contributed by atoms with Gasteiger partial charge >= 0.3 is 5.97 Å². The van der Waals surface area contributed by atoms with Gasteiger partial charge in [0.25, 0.3) is 0 Å². The molecular formula is C12H16N2O4. The summed E-state index contributed by atoms with van der Waals surface area (Å²) in [5, 5.41) is 9.12. The predicted molar refractivity (Wildman–Crippen MR) is 64.6 cm³/mol. The Morgan fingerprint density at radius 1 is 1.72 bits per heavy atom. The van der Waals surface area contributed by atoms with Crippen LogP contribution in [0.4, 0.5) is 5.82 Å². The minimum atomic E-state index is -0.412. The third-order valence-corrected chi connectivity index (χ3v) is 2.83. The standard InChI is InChI=1S/C12H16N2O4/c1-17-12(16)10-3-2-4-13-11(10)14-5-6-18-9(7-14)8-15/h2-4,9,15H,5-8H2,1H3. The first-order chi connectivity index (χ1) is 8.76. The van der Waals surface area contributed by atoms with Gasteiger partial charge in [0.2, 0.25) is 0 Å². The van der Waals surface area contributed by atoms with Crippen LogP contribution in [0.2, 0.25) is 0 Å². The number of hydrogen-bond donors (Lipinski definition) is 1. The van der Waals surface area contributed by atoms with E-state index in [1.54, 1.807) is 18.3 Å². The number of aliphatic hydroxyl groups is 1. The van der Waals surface area contributed by atoms with E-state index in [1.165, 1.54) is 7.11 Å². The summed E-state index contributed by atoms with van der Waals surface area (Å²) in [6.45, 7) is 1.61. The van der Waals surface area contributed by atoms with Crippen molar-refractivity contribution in [1.29, 1.82) is 0 Å². The first-order valence-corrected chi connectivity index (χ1v) is 5.77. The van der Waals surface area contributed by atoms with Crippen molar-refractivity contribution in [2.75, 3.05) is 38.3 Å². The van der Waals surface area contributed by atoms with Crippen LogP contribution in [-0.2, 0) is 9.47 Å². The summed E-state index contributed by atoms with van der Waals surface area (Å²) in [5.74, 6) is 0.163. The molecule has 1 aliphatic rings. The van der Waals surface area contributed by atoms with Crippen molar-refractivity contribution >= 4 is 11.8 Å². The summed E-state index contributed by atoms with van der Waals surface area (Å²) < 4.78 is 10.1. The molecule has 2 heterocycles. The number of esters is 1. The zero-order valence-corrected chi connectivity index (χ0v) is 10.2. The first kappa shape index (κ1) is 12.8. The molecule has 0 aromatic carbocycles. The van der Waals surface area contributed by atoms with Crippen molar-refractivity contribution in [2.45, 2.75) is 6.10 Å². The molecule has 1 unspecified atom stereocenters. The fourth-order valence-corrected chi connectivity index (χ4v) is 1.94. The molecule has 0 saturated carbocycles. The average Bonchev–Trinajstić information content (AvgIpc) is 2.46. The highest BCUT2D eigenvalue weighted by Gasteiger charge is 2.24. The van der Waals surface area contributed by atoms with Gasteiger partial charge in [0, 0.05) is 19.3 Å². The highest BCUT2D eigenvalue weighted by atomic mass is 16.5. The van der Waals surface area contributed by atoms with Crippen molar-refractivity contribution < 1.29 is 19.4 Å². The summed E-state index contributed by atoms with van der Waals surface area (Å²) in [6.07, 6.45) is 1.39. The normalized spacial score (nSPS) is 19.7. The molecule has 0 aliphatic carbocycles. The maximum atomic E-state index is 11.7. The fraction of sp³-hybridized carbons (Fsp3) is 0.500. The Morgan fingerprint density at radius 2 is 2.56 bits per heavy atom. The van der Waals surface area contributed by atoms with Crippen LogP contribution >= 0.6 is 0 Å². The third-order valence-electron chi connectivity index (χ3n) is 2.83. The number of carbonyl (C=O) groups excluding carboxylic acids is 1. The maximum Gasteiger partial charge on any atom is 0.341 e. The van der Waals surface area contributed by atoms with Crippen LogP contribution in [-0.4, -0.2) is 55.6 Å². The Hall–Kier alpha value is -1.66. The molecule has 0 radical (unpaired) electrons. The number of anilines is 1. The van der Waals surface area contributed by atoms with Gasteiger partial charge in [-0.15, -0.1) is 0 Å². The molecule has 2 rings (SSSR count). The minimum absolute atomic E-state index is 0.0448. The van der Waals surface area contributed by atoms with Gasteiger partial charge in [0.05, 0.1) is 26.4 Å². The largest absolute Gasteiger partial charge is 0.465 e. The van der Waals surface area contributed by atoms with E-state index < -0.39 is 5.97 Å². The molecule has 1 saturated heterocycles. The van der Waals surface area contributed by atoms with Gasteiger partial charge in [-0.05, 0) is 12.1 Å². The number of rotatable bonds is 3. The minimum Gasteiger partial charge on any atom is -0.465 e. The van der Waals surface area contributed by atoms with Gasteiger partial charge in [-0.25, -0.2) is 9.78 Å². The highest BCUT2D eigenvalue weighted by Crippen LogP contribution is 2.20. The zero-order chi connectivity index (χ0) is 13.0. The first-order valence-electron chi connectivity index (χ1n) is 5.77. The van der Waals surface area contributed by atoms with E-state index in [-0.39, 0.29) is 12.7 Å². The molecule has 1 N–H and O–H groups in total. The van der Waals surface area contributed by atoms with E-state index in [0.717, 1.165) is 0 Å². The lowest BCUT2D eigenvalue weighted by Gasteiger charge is -2.33. The molecule has 98 valence electrons. The number of carbonyl (C=O) groups is 1. The van der Waals surface area contributed by atoms with Crippen molar-refractivity contribution in [3.8, 4) is 0 Å². The van der Waals surface area contributed by atoms with Gasteiger partial charge in [-0.1, -0.05) is 0 Å². The van der Waals surface area contributed by atoms with Crippen LogP contribution in [0.25, 0.3) is 0 Å². The van der Waals surface area contributed by atoms with Crippen LogP contribution in [0.5, 0.6) is 0 Å². The fourth-order valence-electron chi connectivity index (χ4n) is 1.94. The topological polar surface area (TPSA) is 71.9 Å². The molecule has 1 aliphatic heterocycles. The molecular weight excluding hydrogens is 236 g/mol. The molecule has 6 heteroatoms. The Balaban J connectivity index is 2.24. The van der Waals surface area contributed by atoms with Gasteiger partial charge in [0.1, 0.15) is 11.4 Å². The van der Waals surface area contributed by atoms with Crippen molar-refractivity contribution in [3.05, 3.63) is 23.9 Å². The van der Waals surface area contributed by atoms with E-state index in [9.17, 15) is 4.79 Å². The molecule has 0 bridgehead atoms. The van der Waals surface area contributed by atoms with Gasteiger partial charge in [-0.3, -0.25) is 0 Å². The van der Waals surface area contributed by atoms with Crippen LogP contribution in [0.3, 0.4) is 0 Å². The number of pyridine rings is 1. The Morgan fingerprint density at radius 3 is 3.28 bits per heavy atom. The van der Waals surface area contributed by atoms with Crippen molar-refractivity contribution in [2.24, 2.45) is 0 Å². The van der Waals surface area contributed by atoms with Crippen molar-refractivity contribution in [1.82, 2.24) is 4.98 Å². The third kappa shape index (κ3) is 2.60. The number of methoxy groups -OCH3 is 1. The summed E-state index contributed by atoms with van der Waals surface area (Å²) in [4.78, 5) is 17.8. The lowest BCUT2D eigenvalue weighted by molar-refractivity contribution is 0.00326. The Labute approximate surface area is 105 Å². The lowest BCUT2D eigenvalue weighted by atomic mass is 10.2. The van der Waals surface area contributed by atoms with Gasteiger partial charge in [0.15, 0.2) is 0 Å². The molecule has 1 atom stereocenters. The molecule has 6 nitrogen and oxygen atoms in total. The van der Waals surface area contributed by atoms with Crippen LogP contribution < -0.4 is 4.90 Å². The molecule has 1 aromatic heterocycles. The number of ether oxygens (including phenoxy) is 2. The van der Waals surface area contributed by atoms with E-state index in [1.807, 2.05) is 4.90 Å². The van der Waals surface area contributed by atoms with E-state index in [2.05, 4.69) is 4.98 Å². The molecule has 18 heavy (non-hydrogen) atoms. The van der Waals surface area contributed by atoms with Crippen molar-refractivity contribution in [3.63, 3.8) is 0 Å². The SMILES string of the molecule is COC(=O)c1cccnc1N1CCOC(CO)C1. The van der Waals surface area contributed by atoms with Crippen LogP contribution in [0, 0.1) is 0 Å². The molecule has 0 amide bonds. The summed E-state index contributed by atoms with van der Waals surface area (Å²) in [7, 11) is 1.34. The second-order valence-corrected chi connectivity index (χ2v) is 3.99. The Kier molecular flexibility index (Phi) is 4.11. The second kappa shape index (κ2) is 5.79. The van der Waals surface area contributed by atoms with Crippen LogP contribution in [0.15, 0.2) is 18.3 Å². The van der Waals surface area contributed by atoms with E-state index in [0.29, 0.717) is 31.1 Å². The number of aliphatic hydroxyl groups excluding tert-OH is 1. The maximum absolute atomic E-state index is 11.7. The Bertz CT molecular complexity index is 424. The summed E-state index contributed by atoms with van der Waals surface area (Å²) in [5.41, 5.74) is 0.429. The molecule has 1 fully saturated rings. The van der Waals surface area contributed by atoms with Gasteiger partial charge < -0.3 is 19.5 Å². The highest BCUT2D eigenvalue weighted by molar-refractivity contribution is 5.94. The summed E-state index contributed by atoms with van der Waals surface area (Å²) >= 11 is 0. The van der Waals surface area contributed by atoms with Crippen LogP contribution in [0.1, 0.15) is 10.4 Å². The number of hydrogen-bond acceptors (Lipinski definition) is 6. The zero-order valence-electron chi connectivity index (χ0n) is 10.2. The molecule has 1 aromatic rings. The van der Waals surface area contributed by atoms with Gasteiger partial charge in [-0.2, -0.15) is 0 Å². The quantitative estimate of drug-likeness (QED) is 0.767. The number of aromatic nitrogens is 1. The second-order valence-electron chi connectivity index (χ2n) is 3.99. The predicted octanol–water partition coefficient (Wildman–Crippen LogP) is 0.0657. The van der Waals surface area contributed by atoms with E-state index in [4.69, 9.17) is 14.6 Å². The monoisotopic (exact) mass is 252 g/mol. The smallest absolute Gasteiger partial charge is 0.341 e.